The molecule has 27 heavy (non-hydrogen) atoms. The van der Waals surface area contributed by atoms with Gasteiger partial charge in [-0.25, -0.2) is 4.98 Å². The smallest absolute Gasteiger partial charge is 0.276 e. The van der Waals surface area contributed by atoms with E-state index in [0.29, 0.717) is 17.1 Å². The van der Waals surface area contributed by atoms with Gasteiger partial charge in [0.2, 0.25) is 0 Å². The number of hydrogen-bond donors (Lipinski definition) is 2. The monoisotopic (exact) mass is 368 g/mol. The molecule has 3 rings (SSSR count). The third-order valence-electron chi connectivity index (χ3n) is 4.45. The summed E-state index contributed by atoms with van der Waals surface area (Å²) in [5, 5.41) is 0. The molecule has 0 aliphatic carbocycles. The summed E-state index contributed by atoms with van der Waals surface area (Å²) >= 11 is 0. The lowest BCUT2D eigenvalue weighted by atomic mass is 10.1. The Bertz CT molecular complexity index is 832. The molecule has 7 heteroatoms. The third kappa shape index (κ3) is 4.75. The van der Waals surface area contributed by atoms with Crippen LogP contribution < -0.4 is 20.5 Å². The van der Waals surface area contributed by atoms with Crippen LogP contribution in [0.5, 0.6) is 5.75 Å². The highest BCUT2D eigenvalue weighted by Gasteiger charge is 2.20. The van der Waals surface area contributed by atoms with Crippen molar-refractivity contribution in [3.8, 4) is 5.75 Å². The van der Waals surface area contributed by atoms with Crippen LogP contribution in [0.1, 0.15) is 34.3 Å². The Labute approximate surface area is 158 Å². The van der Waals surface area contributed by atoms with E-state index in [2.05, 4.69) is 20.7 Å². The molecule has 1 fully saturated rings. The number of hydrazine groups is 1. The number of benzene rings is 1. The summed E-state index contributed by atoms with van der Waals surface area (Å²) in [5.41, 5.74) is 7.27. The average molecular weight is 368 g/mol. The van der Waals surface area contributed by atoms with E-state index in [4.69, 9.17) is 4.74 Å². The number of ether oxygens (including phenoxy) is 1. The van der Waals surface area contributed by atoms with E-state index in [-0.39, 0.29) is 6.61 Å². The molecule has 2 aromatic rings. The molecular formula is C20H24N4O3. The van der Waals surface area contributed by atoms with Crippen molar-refractivity contribution in [3.63, 3.8) is 0 Å². The maximum Gasteiger partial charge on any atom is 0.276 e. The van der Waals surface area contributed by atoms with Gasteiger partial charge in [-0.05, 0) is 56.0 Å². The predicted molar refractivity (Wildman–Crippen MR) is 103 cm³/mol. The van der Waals surface area contributed by atoms with Crippen LogP contribution >= 0.6 is 0 Å². The number of pyridine rings is 1. The molecule has 2 heterocycles. The van der Waals surface area contributed by atoms with E-state index in [9.17, 15) is 9.59 Å². The van der Waals surface area contributed by atoms with E-state index >= 15 is 0 Å². The van der Waals surface area contributed by atoms with Crippen LogP contribution in [-0.2, 0) is 4.79 Å². The fourth-order valence-electron chi connectivity index (χ4n) is 2.99. The minimum absolute atomic E-state index is 0.184. The van der Waals surface area contributed by atoms with Crippen LogP contribution in [0.15, 0.2) is 36.5 Å². The summed E-state index contributed by atoms with van der Waals surface area (Å²) in [6.07, 6.45) is 3.84. The molecule has 142 valence electrons. The minimum Gasteiger partial charge on any atom is -0.483 e. The van der Waals surface area contributed by atoms with Crippen molar-refractivity contribution in [2.75, 3.05) is 24.6 Å². The van der Waals surface area contributed by atoms with Gasteiger partial charge in [-0.15, -0.1) is 0 Å². The van der Waals surface area contributed by atoms with Crippen molar-refractivity contribution in [2.45, 2.75) is 26.7 Å². The number of anilines is 1. The van der Waals surface area contributed by atoms with E-state index < -0.39 is 11.8 Å². The zero-order chi connectivity index (χ0) is 19.2. The quantitative estimate of drug-likeness (QED) is 0.790. The second kappa shape index (κ2) is 8.53. The highest BCUT2D eigenvalue weighted by Crippen LogP contribution is 2.21. The molecule has 1 aromatic heterocycles. The highest BCUT2D eigenvalue weighted by molar-refractivity contribution is 5.99. The molecule has 0 spiro atoms. The van der Waals surface area contributed by atoms with Gasteiger partial charge in [0.25, 0.3) is 11.8 Å². The summed E-state index contributed by atoms with van der Waals surface area (Å²) in [7, 11) is 0. The Morgan fingerprint density at radius 2 is 1.93 bits per heavy atom. The lowest BCUT2D eigenvalue weighted by molar-refractivity contribution is -0.123. The van der Waals surface area contributed by atoms with Gasteiger partial charge >= 0.3 is 0 Å². The van der Waals surface area contributed by atoms with Crippen molar-refractivity contribution in [3.05, 3.63) is 53.2 Å². The third-order valence-corrected chi connectivity index (χ3v) is 4.45. The predicted octanol–water partition coefficient (Wildman–Crippen LogP) is 2.14. The van der Waals surface area contributed by atoms with Crippen molar-refractivity contribution in [2.24, 2.45) is 0 Å². The molecule has 0 radical (unpaired) electrons. The molecule has 1 aromatic carbocycles. The Balaban J connectivity index is 1.55. The first-order valence-electron chi connectivity index (χ1n) is 9.04. The molecule has 2 amide bonds. The largest absolute Gasteiger partial charge is 0.483 e. The number of hydrogen-bond acceptors (Lipinski definition) is 5. The van der Waals surface area contributed by atoms with Gasteiger partial charge in [0.1, 0.15) is 11.6 Å². The number of aromatic nitrogens is 1. The first-order chi connectivity index (χ1) is 13.0. The molecule has 0 saturated carbocycles. The average Bonchev–Trinajstić information content (AvgIpc) is 3.21. The normalized spacial score (nSPS) is 13.3. The van der Waals surface area contributed by atoms with Gasteiger partial charge in [0, 0.05) is 19.3 Å². The second-order valence-electron chi connectivity index (χ2n) is 6.63. The molecule has 0 atom stereocenters. The number of nitrogens with one attached hydrogen (secondary N) is 2. The fraction of sp³-hybridized carbons (Fsp3) is 0.350. The summed E-state index contributed by atoms with van der Waals surface area (Å²) in [4.78, 5) is 30.9. The summed E-state index contributed by atoms with van der Waals surface area (Å²) in [5.74, 6) is 0.467. The van der Waals surface area contributed by atoms with Crippen LogP contribution in [0.3, 0.4) is 0 Å². The zero-order valence-corrected chi connectivity index (χ0v) is 15.6. The number of carbonyl (C=O) groups is 2. The Kier molecular flexibility index (Phi) is 5.90. The van der Waals surface area contributed by atoms with Crippen LogP contribution in [0.25, 0.3) is 0 Å². The topological polar surface area (TPSA) is 83.6 Å². The first-order valence-corrected chi connectivity index (χ1v) is 9.04. The van der Waals surface area contributed by atoms with Gasteiger partial charge in [-0.2, -0.15) is 0 Å². The molecule has 0 unspecified atom stereocenters. The maximum atomic E-state index is 12.5. The van der Waals surface area contributed by atoms with E-state index in [0.717, 1.165) is 37.1 Å². The van der Waals surface area contributed by atoms with E-state index in [1.165, 1.54) is 0 Å². The molecule has 7 nitrogen and oxygen atoms in total. The maximum absolute atomic E-state index is 12.5. The summed E-state index contributed by atoms with van der Waals surface area (Å²) in [6.45, 7) is 5.45. The van der Waals surface area contributed by atoms with Gasteiger partial charge in [-0.3, -0.25) is 20.4 Å². The molecule has 1 aliphatic heterocycles. The number of carbonyl (C=O) groups excluding carboxylic acids is 2. The summed E-state index contributed by atoms with van der Waals surface area (Å²) < 4.78 is 5.54. The van der Waals surface area contributed by atoms with Crippen LogP contribution in [-0.4, -0.2) is 36.5 Å². The number of rotatable bonds is 5. The van der Waals surface area contributed by atoms with E-state index in [1.807, 2.05) is 32.0 Å². The zero-order valence-electron chi connectivity index (χ0n) is 15.6. The first kappa shape index (κ1) is 18.7. The number of aryl methyl sites for hydroxylation is 2. The molecule has 1 saturated heterocycles. The van der Waals surface area contributed by atoms with Gasteiger partial charge in [0.05, 0.1) is 5.56 Å². The summed E-state index contributed by atoms with van der Waals surface area (Å²) in [6, 6.07) is 9.20. The second-order valence-corrected chi connectivity index (χ2v) is 6.63. The van der Waals surface area contributed by atoms with Crippen molar-refractivity contribution >= 4 is 17.6 Å². The minimum atomic E-state index is -0.434. The molecule has 0 bridgehead atoms. The van der Waals surface area contributed by atoms with Crippen LogP contribution in [0.2, 0.25) is 0 Å². The molecule has 2 N–H and O–H groups in total. The number of amides is 2. The molecular weight excluding hydrogens is 344 g/mol. The lowest BCUT2D eigenvalue weighted by Gasteiger charge is -2.19. The van der Waals surface area contributed by atoms with Crippen molar-refractivity contribution in [1.82, 2.24) is 15.8 Å². The Morgan fingerprint density at radius 3 is 2.70 bits per heavy atom. The van der Waals surface area contributed by atoms with Gasteiger partial charge in [-0.1, -0.05) is 12.1 Å². The fourth-order valence-corrected chi connectivity index (χ4v) is 2.99. The lowest BCUT2D eigenvalue weighted by Crippen LogP contribution is -2.44. The van der Waals surface area contributed by atoms with Crippen LogP contribution in [0, 0.1) is 13.8 Å². The van der Waals surface area contributed by atoms with Crippen molar-refractivity contribution < 1.29 is 14.3 Å². The highest BCUT2D eigenvalue weighted by atomic mass is 16.5. The van der Waals surface area contributed by atoms with E-state index in [1.54, 1.807) is 18.3 Å². The molecule has 1 aliphatic rings. The number of nitrogens with zero attached hydrogens (tertiary/aromatic N) is 2. The van der Waals surface area contributed by atoms with Crippen molar-refractivity contribution in [1.29, 1.82) is 0 Å². The Hall–Kier alpha value is -3.09. The standard InChI is InChI=1S/C20H24N4O3/c1-14-7-8-15(2)17(12-14)27-13-18(25)22-23-20(26)16-6-5-9-21-19(16)24-10-3-4-11-24/h5-9,12H,3-4,10-11,13H2,1-2H3,(H,22,25)(H,23,26). The SMILES string of the molecule is Cc1ccc(C)c(OCC(=O)NNC(=O)c2cccnc2N2CCCC2)c1. The van der Waals surface area contributed by atoms with Crippen LogP contribution in [0.4, 0.5) is 5.82 Å². The van der Waals surface area contributed by atoms with Gasteiger partial charge in [0.15, 0.2) is 6.61 Å². The Morgan fingerprint density at radius 1 is 1.15 bits per heavy atom. The van der Waals surface area contributed by atoms with Gasteiger partial charge < -0.3 is 9.64 Å².